The molecule has 0 spiro atoms. The highest BCUT2D eigenvalue weighted by Gasteiger charge is 2.37. The molecule has 3 aromatic rings. The van der Waals surface area contributed by atoms with Crippen LogP contribution < -0.4 is 21.2 Å². The summed E-state index contributed by atoms with van der Waals surface area (Å²) in [5.41, 5.74) is 5.78. The summed E-state index contributed by atoms with van der Waals surface area (Å²) in [7, 11) is 0. The number of hydrazine groups is 1. The number of aliphatic imine (C=N–C) groups is 1. The van der Waals surface area contributed by atoms with Crippen molar-refractivity contribution in [2.24, 2.45) is 4.99 Å². The van der Waals surface area contributed by atoms with Crippen LogP contribution in [0.15, 0.2) is 58.5 Å². The van der Waals surface area contributed by atoms with Gasteiger partial charge in [-0.3, -0.25) is 35.8 Å². The Morgan fingerprint density at radius 2 is 2.19 bits per heavy atom. The fraction of sp³-hybridized carbons (Fsp3) is 0.118. The molecule has 5 rings (SSSR count). The molecule has 1 radical (unpaired) electrons. The van der Waals surface area contributed by atoms with Crippen LogP contribution in [0.25, 0.3) is 10.9 Å². The first kappa shape index (κ1) is 15.5. The Morgan fingerprint density at radius 1 is 1.26 bits per heavy atom. The number of H-pyrrole nitrogens is 3. The van der Waals surface area contributed by atoms with Gasteiger partial charge in [0.1, 0.15) is 12.7 Å². The summed E-state index contributed by atoms with van der Waals surface area (Å²) in [6, 6.07) is 7.46. The van der Waals surface area contributed by atoms with Gasteiger partial charge in [0.2, 0.25) is 0 Å². The summed E-state index contributed by atoms with van der Waals surface area (Å²) in [4.78, 5) is 18.1. The van der Waals surface area contributed by atoms with Crippen LogP contribution in [-0.4, -0.2) is 37.8 Å². The predicted octanol–water partition coefficient (Wildman–Crippen LogP) is 1.46. The summed E-state index contributed by atoms with van der Waals surface area (Å²) in [6.07, 6.45) is 5.62. The van der Waals surface area contributed by atoms with Crippen LogP contribution in [-0.2, 0) is 0 Å². The number of fused-ring (bicyclic) bond motifs is 2. The lowest BCUT2D eigenvalue weighted by molar-refractivity contribution is 0.477. The molecule has 27 heavy (non-hydrogen) atoms. The Hall–Kier alpha value is -3.79. The number of hydrogen-bond acceptors (Lipinski definition) is 7. The first-order valence-corrected chi connectivity index (χ1v) is 8.43. The lowest BCUT2D eigenvalue weighted by Crippen LogP contribution is -2.46. The van der Waals surface area contributed by atoms with Crippen LogP contribution in [0.3, 0.4) is 0 Å². The van der Waals surface area contributed by atoms with Gasteiger partial charge in [-0.25, -0.2) is 0 Å². The van der Waals surface area contributed by atoms with E-state index < -0.39 is 0 Å². The quantitative estimate of drug-likeness (QED) is 0.449. The Balaban J connectivity index is 1.43. The normalized spacial score (nSPS) is 16.4. The fourth-order valence-corrected chi connectivity index (χ4v) is 3.13. The van der Waals surface area contributed by atoms with Gasteiger partial charge in [0.25, 0.3) is 17.2 Å². The maximum Gasteiger partial charge on any atom is 0.286 e. The fourth-order valence-electron chi connectivity index (χ4n) is 3.13. The molecule has 135 valence electrons. The van der Waals surface area contributed by atoms with Gasteiger partial charge in [-0.1, -0.05) is 0 Å². The second-order valence-electron chi connectivity index (χ2n) is 6.37. The Labute approximate surface area is 153 Å². The van der Waals surface area contributed by atoms with E-state index in [1.165, 1.54) is 0 Å². The smallest absolute Gasteiger partial charge is 0.286 e. The molecule has 1 aromatic carbocycles. The SMILES string of the molecule is Cc1cc(NC2=CN(Nc3ccc4c(=O)[nH][nH]c4c3)CC3=NC=C[N+]23)n[nH]1. The third-order valence-corrected chi connectivity index (χ3v) is 4.38. The van der Waals surface area contributed by atoms with E-state index in [-0.39, 0.29) is 5.56 Å². The molecule has 0 aliphatic carbocycles. The molecular formula is C17H17N9O+. The van der Waals surface area contributed by atoms with Gasteiger partial charge in [0.05, 0.1) is 22.8 Å². The molecule has 0 amide bonds. The minimum Gasteiger partial charge on any atom is -0.298 e. The van der Waals surface area contributed by atoms with Gasteiger partial charge >= 0.3 is 0 Å². The zero-order chi connectivity index (χ0) is 18.4. The van der Waals surface area contributed by atoms with Crippen molar-refractivity contribution in [3.05, 3.63) is 64.7 Å². The van der Waals surface area contributed by atoms with Crippen molar-refractivity contribution in [2.45, 2.75) is 6.92 Å². The van der Waals surface area contributed by atoms with E-state index >= 15 is 0 Å². The number of nitrogens with one attached hydrogen (secondary N) is 5. The second kappa shape index (κ2) is 5.88. The third kappa shape index (κ3) is 2.77. The number of aryl methyl sites for hydroxylation is 1. The molecule has 4 heterocycles. The maximum absolute atomic E-state index is 11.7. The van der Waals surface area contributed by atoms with Crippen LogP contribution in [0.4, 0.5) is 11.5 Å². The zero-order valence-corrected chi connectivity index (χ0v) is 14.4. The monoisotopic (exact) mass is 363 g/mol. The van der Waals surface area contributed by atoms with Gasteiger partial charge in [0.15, 0.2) is 12.0 Å². The number of nitrogens with zero attached hydrogens (tertiary/aromatic N) is 4. The highest BCUT2D eigenvalue weighted by Crippen LogP contribution is 2.21. The molecule has 0 unspecified atom stereocenters. The molecule has 2 aromatic heterocycles. The maximum atomic E-state index is 11.7. The Bertz CT molecular complexity index is 1160. The molecule has 5 N–H and O–H groups in total. The standard InChI is InChI=1S/C17H17N9O/c1-10-6-14(22-20-10)19-16-9-25(8-15-18-4-5-26(15)16)24-11-2-3-12-13(7-11)21-23-17(12)27/h2-7,9,24H,8H2,1H3,(H2,19,20,22)(H2,21,23,27)/q+1. The van der Waals surface area contributed by atoms with Gasteiger partial charge in [-0.2, -0.15) is 10.1 Å². The molecule has 10 nitrogen and oxygen atoms in total. The molecule has 2 aliphatic heterocycles. The molecule has 10 heteroatoms. The molecule has 0 saturated carbocycles. The van der Waals surface area contributed by atoms with Gasteiger partial charge in [-0.05, 0) is 30.0 Å². The molecule has 0 fully saturated rings. The van der Waals surface area contributed by atoms with E-state index in [0.29, 0.717) is 11.9 Å². The average Bonchev–Trinajstić information content (AvgIpc) is 3.36. The predicted molar refractivity (Wildman–Crippen MR) is 103 cm³/mol. The van der Waals surface area contributed by atoms with Crippen molar-refractivity contribution < 1.29 is 0 Å². The molecule has 0 bridgehead atoms. The average molecular weight is 363 g/mol. The van der Waals surface area contributed by atoms with Crippen molar-refractivity contribution in [2.75, 3.05) is 17.3 Å². The number of benzene rings is 1. The summed E-state index contributed by atoms with van der Waals surface area (Å²) in [5.74, 6) is 2.44. The van der Waals surface area contributed by atoms with E-state index in [1.54, 1.807) is 12.3 Å². The third-order valence-electron chi connectivity index (χ3n) is 4.38. The van der Waals surface area contributed by atoms with E-state index in [4.69, 9.17) is 0 Å². The van der Waals surface area contributed by atoms with Crippen molar-refractivity contribution in [1.82, 2.24) is 30.3 Å². The van der Waals surface area contributed by atoms with Crippen LogP contribution in [0.5, 0.6) is 0 Å². The number of amidine groups is 1. The van der Waals surface area contributed by atoms with Crippen molar-refractivity contribution >= 4 is 28.2 Å². The number of anilines is 2. The van der Waals surface area contributed by atoms with Crippen molar-refractivity contribution in [3.63, 3.8) is 0 Å². The Kier molecular flexibility index (Phi) is 3.37. The van der Waals surface area contributed by atoms with E-state index in [2.05, 4.69) is 36.1 Å². The Morgan fingerprint density at radius 3 is 3.04 bits per heavy atom. The first-order chi connectivity index (χ1) is 13.2. The van der Waals surface area contributed by atoms with Crippen LogP contribution >= 0.6 is 0 Å². The van der Waals surface area contributed by atoms with E-state index in [0.717, 1.165) is 34.4 Å². The highest BCUT2D eigenvalue weighted by molar-refractivity contribution is 5.93. The molecular weight excluding hydrogens is 346 g/mol. The van der Waals surface area contributed by atoms with Gasteiger partial charge in [-0.15, -0.1) is 0 Å². The largest absolute Gasteiger partial charge is 0.298 e. The highest BCUT2D eigenvalue weighted by atomic mass is 16.1. The van der Waals surface area contributed by atoms with Crippen molar-refractivity contribution in [1.29, 1.82) is 0 Å². The minimum atomic E-state index is -0.128. The number of aromatic nitrogens is 4. The number of hydrogen-bond donors (Lipinski definition) is 5. The summed E-state index contributed by atoms with van der Waals surface area (Å²) in [5, 5.41) is 18.5. The van der Waals surface area contributed by atoms with E-state index in [9.17, 15) is 4.79 Å². The van der Waals surface area contributed by atoms with Crippen LogP contribution in [0, 0.1) is 6.92 Å². The van der Waals surface area contributed by atoms with Gasteiger partial charge in [0, 0.05) is 11.8 Å². The summed E-state index contributed by atoms with van der Waals surface area (Å²) < 4.78 is 0. The molecule has 0 saturated heterocycles. The zero-order valence-electron chi connectivity index (χ0n) is 14.4. The number of rotatable bonds is 4. The summed E-state index contributed by atoms with van der Waals surface area (Å²) in [6.45, 7) is 2.53. The topological polar surface area (TPSA) is 123 Å². The lowest BCUT2D eigenvalue weighted by Gasteiger charge is -2.26. The number of aromatic amines is 3. The van der Waals surface area contributed by atoms with Crippen LogP contribution in [0.1, 0.15) is 5.69 Å². The van der Waals surface area contributed by atoms with Gasteiger partial charge < -0.3 is 0 Å². The second-order valence-corrected chi connectivity index (χ2v) is 6.37. The minimum absolute atomic E-state index is 0.128. The van der Waals surface area contributed by atoms with Crippen LogP contribution in [0.2, 0.25) is 0 Å². The lowest BCUT2D eigenvalue weighted by atomic mass is 10.2. The first-order valence-electron chi connectivity index (χ1n) is 8.43. The van der Waals surface area contributed by atoms with E-state index in [1.807, 2.05) is 47.4 Å². The molecule has 2 aliphatic rings. The van der Waals surface area contributed by atoms with Crippen molar-refractivity contribution in [3.8, 4) is 0 Å². The summed E-state index contributed by atoms with van der Waals surface area (Å²) >= 11 is 0. The molecule has 0 atom stereocenters.